The van der Waals surface area contributed by atoms with Gasteiger partial charge in [-0.3, -0.25) is 4.79 Å². The molecule has 0 fully saturated rings. The highest BCUT2D eigenvalue weighted by Gasteiger charge is 2.16. The molecule has 0 saturated carbocycles. The molecule has 0 aliphatic heterocycles. The summed E-state index contributed by atoms with van der Waals surface area (Å²) in [6.45, 7) is 6.55. The highest BCUT2D eigenvalue weighted by atomic mass is 16.5. The molecular formula is C31H33NO4. The molecule has 0 aliphatic carbocycles. The average Bonchev–Trinajstić information content (AvgIpc) is 3.31. The Balaban J connectivity index is 1.63. The fraction of sp³-hybridized carbons (Fsp3) is 0.258. The Morgan fingerprint density at radius 3 is 2.58 bits per heavy atom. The number of anilines is 1. The zero-order valence-electron chi connectivity index (χ0n) is 21.4. The quantitative estimate of drug-likeness (QED) is 0.233. The van der Waals surface area contributed by atoms with Crippen molar-refractivity contribution < 1.29 is 18.7 Å². The van der Waals surface area contributed by atoms with E-state index in [-0.39, 0.29) is 5.91 Å². The molecule has 0 spiro atoms. The van der Waals surface area contributed by atoms with Crippen LogP contribution >= 0.6 is 0 Å². The second-order valence-electron chi connectivity index (χ2n) is 8.78. The van der Waals surface area contributed by atoms with Crippen LogP contribution in [0.1, 0.15) is 44.7 Å². The molecule has 4 rings (SSSR count). The van der Waals surface area contributed by atoms with Gasteiger partial charge in [-0.05, 0) is 73.7 Å². The molecule has 186 valence electrons. The standard InChI is InChI=1S/C31H33NO4/c1-5-7-9-22-12-14-24(15-13-22)32-31(33)16-21(3)26-18-27-28(23-10-8-11-25(17-23)34-4)20-36-30(27)19-29(26)35-6-2/h8,10-20H,5-7,9H2,1-4H3,(H,32,33)/b21-16+. The summed E-state index contributed by atoms with van der Waals surface area (Å²) in [5, 5.41) is 3.91. The van der Waals surface area contributed by atoms with E-state index in [0.29, 0.717) is 12.4 Å². The van der Waals surface area contributed by atoms with E-state index in [1.54, 1.807) is 19.4 Å². The zero-order chi connectivity index (χ0) is 25.5. The Morgan fingerprint density at radius 2 is 1.86 bits per heavy atom. The number of aryl methyl sites for hydroxylation is 1. The molecule has 0 unspecified atom stereocenters. The van der Waals surface area contributed by atoms with Crippen LogP contribution in [-0.4, -0.2) is 19.6 Å². The van der Waals surface area contributed by atoms with Crippen molar-refractivity contribution in [3.8, 4) is 22.6 Å². The van der Waals surface area contributed by atoms with Crippen molar-refractivity contribution >= 4 is 28.1 Å². The fourth-order valence-corrected chi connectivity index (χ4v) is 4.24. The van der Waals surface area contributed by atoms with E-state index in [9.17, 15) is 4.79 Å². The van der Waals surface area contributed by atoms with Crippen LogP contribution in [0.2, 0.25) is 0 Å². The first-order valence-corrected chi connectivity index (χ1v) is 12.4. The summed E-state index contributed by atoms with van der Waals surface area (Å²) in [7, 11) is 1.65. The minimum atomic E-state index is -0.184. The lowest BCUT2D eigenvalue weighted by Gasteiger charge is -2.12. The third kappa shape index (κ3) is 5.80. The van der Waals surface area contributed by atoms with Crippen LogP contribution in [0.5, 0.6) is 11.5 Å². The lowest BCUT2D eigenvalue weighted by atomic mass is 9.99. The molecule has 3 aromatic carbocycles. The van der Waals surface area contributed by atoms with Gasteiger partial charge in [-0.2, -0.15) is 0 Å². The Bertz CT molecular complexity index is 1370. The number of benzene rings is 3. The molecule has 0 atom stereocenters. The van der Waals surface area contributed by atoms with Gasteiger partial charge >= 0.3 is 0 Å². The lowest BCUT2D eigenvalue weighted by Crippen LogP contribution is -2.08. The molecule has 0 aliphatic rings. The number of methoxy groups -OCH3 is 1. The molecule has 36 heavy (non-hydrogen) atoms. The Kier molecular flexibility index (Phi) is 8.11. The second-order valence-corrected chi connectivity index (χ2v) is 8.78. The van der Waals surface area contributed by atoms with E-state index in [4.69, 9.17) is 13.9 Å². The first-order chi connectivity index (χ1) is 17.5. The number of fused-ring (bicyclic) bond motifs is 1. The van der Waals surface area contributed by atoms with E-state index in [2.05, 4.69) is 24.4 Å². The molecule has 1 amide bonds. The first-order valence-electron chi connectivity index (χ1n) is 12.4. The van der Waals surface area contributed by atoms with Crippen LogP contribution in [0.4, 0.5) is 5.69 Å². The van der Waals surface area contributed by atoms with Gasteiger partial charge in [-0.1, -0.05) is 37.6 Å². The topological polar surface area (TPSA) is 60.7 Å². The molecule has 4 aromatic rings. The van der Waals surface area contributed by atoms with Crippen LogP contribution in [0.25, 0.3) is 27.7 Å². The van der Waals surface area contributed by atoms with Crippen molar-refractivity contribution in [2.24, 2.45) is 0 Å². The normalized spacial score (nSPS) is 11.5. The predicted molar refractivity (Wildman–Crippen MR) is 147 cm³/mol. The SMILES string of the molecule is CCCCc1ccc(NC(=O)/C=C(\C)c2cc3c(-c4cccc(OC)c4)coc3cc2OCC)cc1. The molecule has 5 nitrogen and oxygen atoms in total. The van der Waals surface area contributed by atoms with E-state index < -0.39 is 0 Å². The van der Waals surface area contributed by atoms with Crippen molar-refractivity contribution in [3.63, 3.8) is 0 Å². The number of rotatable bonds is 10. The molecule has 1 aromatic heterocycles. The number of carbonyl (C=O) groups is 1. The summed E-state index contributed by atoms with van der Waals surface area (Å²) in [6.07, 6.45) is 6.74. The van der Waals surface area contributed by atoms with Crippen LogP contribution < -0.4 is 14.8 Å². The lowest BCUT2D eigenvalue weighted by molar-refractivity contribution is -0.111. The maximum atomic E-state index is 12.8. The minimum absolute atomic E-state index is 0.184. The zero-order valence-corrected chi connectivity index (χ0v) is 21.4. The van der Waals surface area contributed by atoms with E-state index >= 15 is 0 Å². The van der Waals surface area contributed by atoms with Gasteiger partial charge < -0.3 is 19.2 Å². The summed E-state index contributed by atoms with van der Waals surface area (Å²) >= 11 is 0. The van der Waals surface area contributed by atoms with Gasteiger partial charge in [0.2, 0.25) is 5.91 Å². The van der Waals surface area contributed by atoms with Crippen molar-refractivity contribution in [2.75, 3.05) is 19.0 Å². The van der Waals surface area contributed by atoms with Crippen LogP contribution in [0, 0.1) is 0 Å². The van der Waals surface area contributed by atoms with Crippen molar-refractivity contribution in [1.82, 2.24) is 0 Å². The van der Waals surface area contributed by atoms with Crippen molar-refractivity contribution in [1.29, 1.82) is 0 Å². The highest BCUT2D eigenvalue weighted by molar-refractivity contribution is 6.05. The van der Waals surface area contributed by atoms with Crippen molar-refractivity contribution in [3.05, 3.63) is 84.1 Å². The Hall–Kier alpha value is -3.99. The number of nitrogens with one attached hydrogen (secondary N) is 1. The number of allylic oxidation sites excluding steroid dienone is 1. The van der Waals surface area contributed by atoms with E-state index in [1.807, 2.05) is 62.4 Å². The maximum absolute atomic E-state index is 12.8. The Labute approximate surface area is 212 Å². The molecule has 1 N–H and O–H groups in total. The fourth-order valence-electron chi connectivity index (χ4n) is 4.24. The van der Waals surface area contributed by atoms with Gasteiger partial charge in [0.1, 0.15) is 17.1 Å². The third-order valence-corrected chi connectivity index (χ3v) is 6.17. The van der Waals surface area contributed by atoms with E-state index in [1.165, 1.54) is 5.56 Å². The van der Waals surface area contributed by atoms with Gasteiger partial charge in [0.25, 0.3) is 0 Å². The predicted octanol–water partition coefficient (Wildman–Crippen LogP) is 7.89. The number of furan rings is 1. The molecule has 0 bridgehead atoms. The summed E-state index contributed by atoms with van der Waals surface area (Å²) in [5.74, 6) is 1.27. The Morgan fingerprint density at radius 1 is 1.06 bits per heavy atom. The molecule has 0 radical (unpaired) electrons. The smallest absolute Gasteiger partial charge is 0.248 e. The number of amides is 1. The second kappa shape index (κ2) is 11.6. The van der Waals surface area contributed by atoms with Gasteiger partial charge in [-0.15, -0.1) is 0 Å². The molecular weight excluding hydrogens is 450 g/mol. The molecule has 1 heterocycles. The van der Waals surface area contributed by atoms with Crippen LogP contribution in [0.3, 0.4) is 0 Å². The third-order valence-electron chi connectivity index (χ3n) is 6.17. The number of carbonyl (C=O) groups excluding carboxylic acids is 1. The minimum Gasteiger partial charge on any atom is -0.497 e. The molecule has 0 saturated heterocycles. The largest absolute Gasteiger partial charge is 0.497 e. The molecule has 5 heteroatoms. The van der Waals surface area contributed by atoms with Gasteiger partial charge in [0.05, 0.1) is 20.0 Å². The average molecular weight is 484 g/mol. The van der Waals surface area contributed by atoms with Gasteiger partial charge in [0, 0.05) is 34.3 Å². The highest BCUT2D eigenvalue weighted by Crippen LogP contribution is 2.38. The maximum Gasteiger partial charge on any atom is 0.248 e. The number of hydrogen-bond acceptors (Lipinski definition) is 4. The van der Waals surface area contributed by atoms with Crippen LogP contribution in [0.15, 0.2) is 77.4 Å². The van der Waals surface area contributed by atoms with E-state index in [0.717, 1.165) is 63.9 Å². The number of unbranched alkanes of at least 4 members (excludes halogenated alkanes) is 1. The summed E-state index contributed by atoms with van der Waals surface area (Å²) in [6, 6.07) is 19.8. The first kappa shape index (κ1) is 25.1. The van der Waals surface area contributed by atoms with Crippen LogP contribution in [-0.2, 0) is 11.2 Å². The van der Waals surface area contributed by atoms with Gasteiger partial charge in [0.15, 0.2) is 0 Å². The van der Waals surface area contributed by atoms with Crippen molar-refractivity contribution in [2.45, 2.75) is 40.0 Å². The summed E-state index contributed by atoms with van der Waals surface area (Å²) < 4.78 is 17.2. The summed E-state index contributed by atoms with van der Waals surface area (Å²) in [4.78, 5) is 12.8. The monoisotopic (exact) mass is 483 g/mol. The number of ether oxygens (including phenoxy) is 2. The summed E-state index contributed by atoms with van der Waals surface area (Å²) in [5.41, 5.74) is 6.37. The van der Waals surface area contributed by atoms with Gasteiger partial charge in [-0.25, -0.2) is 0 Å². The number of hydrogen-bond donors (Lipinski definition) is 1.